The van der Waals surface area contributed by atoms with Crippen LogP contribution in [0.25, 0.3) is 0 Å². The first-order chi connectivity index (χ1) is 7.79. The molecule has 0 radical (unpaired) electrons. The van der Waals surface area contributed by atoms with Gasteiger partial charge in [0, 0.05) is 6.20 Å². The minimum Gasteiger partial charge on any atom is -0.392 e. The lowest BCUT2D eigenvalue weighted by Crippen LogP contribution is -2.17. The summed E-state index contributed by atoms with van der Waals surface area (Å²) in [6.45, 7) is 1.78. The van der Waals surface area contributed by atoms with Crippen LogP contribution in [0, 0.1) is 0 Å². The second kappa shape index (κ2) is 4.86. The topological polar surface area (TPSA) is 46.0 Å². The van der Waals surface area contributed by atoms with Crippen molar-refractivity contribution in [3.8, 4) is 0 Å². The van der Waals surface area contributed by atoms with E-state index < -0.39 is 6.10 Å². The smallest absolute Gasteiger partial charge is 0.115 e. The zero-order valence-electron chi connectivity index (χ0n) is 9.12. The Bertz CT molecular complexity index is 389. The van der Waals surface area contributed by atoms with Gasteiger partial charge in [0.25, 0.3) is 0 Å². The third kappa shape index (κ3) is 2.25. The predicted molar refractivity (Wildman–Crippen MR) is 62.0 cm³/mol. The molecule has 0 spiro atoms. The number of aliphatic hydroxyl groups excluding tert-OH is 1. The van der Waals surface area contributed by atoms with E-state index in [0.717, 1.165) is 11.3 Å². The van der Waals surface area contributed by atoms with E-state index in [-0.39, 0.29) is 5.92 Å². The van der Waals surface area contributed by atoms with Crippen LogP contribution in [-0.2, 0) is 0 Å². The Morgan fingerprint density at radius 1 is 1.12 bits per heavy atom. The van der Waals surface area contributed by atoms with Crippen LogP contribution >= 0.6 is 0 Å². The lowest BCUT2D eigenvalue weighted by Gasteiger charge is -2.19. The molecule has 0 bridgehead atoms. The normalized spacial score (nSPS) is 14.4. The van der Waals surface area contributed by atoms with Gasteiger partial charge in [0.15, 0.2) is 0 Å². The van der Waals surface area contributed by atoms with Gasteiger partial charge >= 0.3 is 0 Å². The first-order valence-corrected chi connectivity index (χ1v) is 5.28. The Hall–Kier alpha value is -1.74. The average Bonchev–Trinajstić information content (AvgIpc) is 2.31. The Balaban J connectivity index is 2.40. The van der Waals surface area contributed by atoms with Crippen molar-refractivity contribution in [3.05, 3.63) is 60.2 Å². The molecule has 1 N–H and O–H groups in total. The summed E-state index contributed by atoms with van der Waals surface area (Å²) in [6.07, 6.45) is 2.73. The number of nitrogens with zero attached hydrogens (tertiary/aromatic N) is 2. The van der Waals surface area contributed by atoms with E-state index in [0.29, 0.717) is 0 Å². The molecule has 0 amide bonds. The molecule has 0 saturated carbocycles. The average molecular weight is 214 g/mol. The van der Waals surface area contributed by atoms with Crippen LogP contribution in [0.2, 0.25) is 0 Å². The molecule has 3 nitrogen and oxygen atoms in total. The second-order valence-electron chi connectivity index (χ2n) is 3.76. The SMILES string of the molecule is CC(O)C(c1ccccc1)c1ccncn1. The van der Waals surface area contributed by atoms with Crippen molar-refractivity contribution in [1.82, 2.24) is 9.97 Å². The summed E-state index contributed by atoms with van der Waals surface area (Å²) in [7, 11) is 0. The van der Waals surface area contributed by atoms with Gasteiger partial charge in [-0.2, -0.15) is 0 Å². The van der Waals surface area contributed by atoms with Crippen LogP contribution in [0.5, 0.6) is 0 Å². The zero-order chi connectivity index (χ0) is 11.4. The molecule has 0 aliphatic heterocycles. The van der Waals surface area contributed by atoms with Gasteiger partial charge in [-0.15, -0.1) is 0 Å². The molecule has 82 valence electrons. The van der Waals surface area contributed by atoms with Gasteiger partial charge < -0.3 is 5.11 Å². The summed E-state index contributed by atoms with van der Waals surface area (Å²) in [5.74, 6) is -0.0933. The predicted octanol–water partition coefficient (Wildman–Crippen LogP) is 1.99. The quantitative estimate of drug-likeness (QED) is 0.849. The summed E-state index contributed by atoms with van der Waals surface area (Å²) in [5, 5.41) is 9.86. The van der Waals surface area contributed by atoms with Gasteiger partial charge in [0.05, 0.1) is 17.7 Å². The number of aliphatic hydroxyl groups is 1. The Morgan fingerprint density at radius 3 is 2.44 bits per heavy atom. The number of hydrogen-bond acceptors (Lipinski definition) is 3. The minimum atomic E-state index is -0.475. The molecule has 1 aromatic carbocycles. The van der Waals surface area contributed by atoms with Gasteiger partial charge in [0.2, 0.25) is 0 Å². The maximum absolute atomic E-state index is 9.86. The minimum absolute atomic E-state index is 0.0933. The fourth-order valence-corrected chi connectivity index (χ4v) is 1.84. The molecule has 2 unspecified atom stereocenters. The number of hydrogen-bond donors (Lipinski definition) is 1. The Labute approximate surface area is 94.8 Å². The van der Waals surface area contributed by atoms with Crippen molar-refractivity contribution in [3.63, 3.8) is 0 Å². The van der Waals surface area contributed by atoms with E-state index in [9.17, 15) is 5.11 Å². The molecule has 2 rings (SSSR count). The first kappa shape index (κ1) is 10.8. The molecule has 0 aliphatic rings. The summed E-state index contributed by atoms with van der Waals surface area (Å²) >= 11 is 0. The highest BCUT2D eigenvalue weighted by atomic mass is 16.3. The van der Waals surface area contributed by atoms with Gasteiger partial charge in [-0.05, 0) is 18.6 Å². The summed E-state index contributed by atoms with van der Waals surface area (Å²) in [6, 6.07) is 11.7. The van der Waals surface area contributed by atoms with Crippen LogP contribution in [0.4, 0.5) is 0 Å². The van der Waals surface area contributed by atoms with Crippen molar-refractivity contribution in [1.29, 1.82) is 0 Å². The summed E-state index contributed by atoms with van der Waals surface area (Å²) in [4.78, 5) is 8.09. The molecular weight excluding hydrogens is 200 g/mol. The highest BCUT2D eigenvalue weighted by Crippen LogP contribution is 2.25. The third-order valence-electron chi connectivity index (χ3n) is 2.56. The van der Waals surface area contributed by atoms with E-state index >= 15 is 0 Å². The van der Waals surface area contributed by atoms with Crippen molar-refractivity contribution in [2.45, 2.75) is 18.9 Å². The largest absolute Gasteiger partial charge is 0.392 e. The van der Waals surface area contributed by atoms with E-state index in [2.05, 4.69) is 9.97 Å². The second-order valence-corrected chi connectivity index (χ2v) is 3.76. The Morgan fingerprint density at radius 2 is 1.88 bits per heavy atom. The van der Waals surface area contributed by atoms with E-state index in [1.165, 1.54) is 6.33 Å². The zero-order valence-corrected chi connectivity index (χ0v) is 9.12. The maximum atomic E-state index is 9.86. The molecule has 0 fully saturated rings. The number of benzene rings is 1. The van der Waals surface area contributed by atoms with Gasteiger partial charge in [-0.25, -0.2) is 9.97 Å². The van der Waals surface area contributed by atoms with Gasteiger partial charge in [-0.1, -0.05) is 30.3 Å². The fraction of sp³-hybridized carbons (Fsp3) is 0.231. The molecular formula is C13H14N2O. The highest BCUT2D eigenvalue weighted by Gasteiger charge is 2.20. The van der Waals surface area contributed by atoms with E-state index in [4.69, 9.17) is 0 Å². The third-order valence-corrected chi connectivity index (χ3v) is 2.56. The molecule has 1 aromatic heterocycles. The molecule has 1 heterocycles. The van der Waals surface area contributed by atoms with Crippen LogP contribution in [0.3, 0.4) is 0 Å². The van der Waals surface area contributed by atoms with Crippen molar-refractivity contribution < 1.29 is 5.11 Å². The van der Waals surface area contributed by atoms with Crippen LogP contribution in [0.15, 0.2) is 48.9 Å². The van der Waals surface area contributed by atoms with E-state index in [1.54, 1.807) is 13.1 Å². The lowest BCUT2D eigenvalue weighted by molar-refractivity contribution is 0.175. The molecule has 16 heavy (non-hydrogen) atoms. The molecule has 0 saturated heterocycles. The fourth-order valence-electron chi connectivity index (χ4n) is 1.84. The molecule has 2 atom stereocenters. The lowest BCUT2D eigenvalue weighted by atomic mass is 9.91. The maximum Gasteiger partial charge on any atom is 0.115 e. The highest BCUT2D eigenvalue weighted by molar-refractivity contribution is 5.28. The first-order valence-electron chi connectivity index (χ1n) is 5.28. The van der Waals surface area contributed by atoms with Crippen LogP contribution in [0.1, 0.15) is 24.1 Å². The van der Waals surface area contributed by atoms with Gasteiger partial charge in [-0.3, -0.25) is 0 Å². The number of rotatable bonds is 3. The van der Waals surface area contributed by atoms with Crippen molar-refractivity contribution in [2.24, 2.45) is 0 Å². The van der Waals surface area contributed by atoms with Crippen molar-refractivity contribution >= 4 is 0 Å². The molecule has 3 heteroatoms. The Kier molecular flexibility index (Phi) is 3.27. The monoisotopic (exact) mass is 214 g/mol. The van der Waals surface area contributed by atoms with Crippen LogP contribution in [-0.4, -0.2) is 21.2 Å². The van der Waals surface area contributed by atoms with Gasteiger partial charge in [0.1, 0.15) is 6.33 Å². The molecule has 0 aliphatic carbocycles. The van der Waals surface area contributed by atoms with Crippen molar-refractivity contribution in [2.75, 3.05) is 0 Å². The van der Waals surface area contributed by atoms with Crippen LogP contribution < -0.4 is 0 Å². The summed E-state index contributed by atoms with van der Waals surface area (Å²) in [5.41, 5.74) is 1.91. The van der Waals surface area contributed by atoms with E-state index in [1.807, 2.05) is 36.4 Å². The number of aromatic nitrogens is 2. The standard InChI is InChI=1S/C13H14N2O/c1-10(16)13(11-5-3-2-4-6-11)12-7-8-14-9-15-12/h2-10,13,16H,1H3. The molecule has 2 aromatic rings. The summed E-state index contributed by atoms with van der Waals surface area (Å²) < 4.78 is 0.